The van der Waals surface area contributed by atoms with Crippen molar-refractivity contribution in [2.75, 3.05) is 80.2 Å². The lowest BCUT2D eigenvalue weighted by Crippen LogP contribution is -2.43. The number of carbonyl (C=O) groups is 3. The van der Waals surface area contributed by atoms with E-state index in [0.717, 1.165) is 35.6 Å². The van der Waals surface area contributed by atoms with Gasteiger partial charge in [0, 0.05) is 20.2 Å². The van der Waals surface area contributed by atoms with Crippen LogP contribution in [0.4, 0.5) is 20.2 Å². The van der Waals surface area contributed by atoms with Crippen molar-refractivity contribution in [3.8, 4) is 5.69 Å². The molecule has 2 aromatic carbocycles. The summed E-state index contributed by atoms with van der Waals surface area (Å²) in [5, 5.41) is 13.6. The van der Waals surface area contributed by atoms with Gasteiger partial charge in [-0.25, -0.2) is 17.8 Å². The number of nitrogens with zero attached hydrogens (tertiary/aromatic N) is 5. The second-order valence-corrected chi connectivity index (χ2v) is 22.1. The number of para-hydroxylation sites is 1. The summed E-state index contributed by atoms with van der Waals surface area (Å²) in [6, 6.07) is 8.36. The van der Waals surface area contributed by atoms with E-state index in [0.29, 0.717) is 35.3 Å². The Morgan fingerprint density at radius 2 is 1.63 bits per heavy atom. The number of carboxylic acids is 1. The van der Waals surface area contributed by atoms with Gasteiger partial charge in [0.2, 0.25) is 15.9 Å². The zero-order valence-electron chi connectivity index (χ0n) is 38.9. The van der Waals surface area contributed by atoms with Gasteiger partial charge >= 0.3 is 18.2 Å². The summed E-state index contributed by atoms with van der Waals surface area (Å²) in [4.78, 5) is 65.4. The molecule has 0 aliphatic carbocycles. The second-order valence-electron chi connectivity index (χ2n) is 14.1. The molecule has 0 spiro atoms. The standard InChI is InChI=1S/C15H22ClNO2.C11H10Cl2F2N4O3S.C8H11Cl2NO.C3H8NO5P.C3H9S/c1-5-13-8-6-7-11(2)15(13)17(14(18)9-16)12(3)10-19-4;1-5-16-19(11(20)18(5)10(14)15)9-4-8(17-23(2,21)22)6(12)3-7(9)13;1-3-5-11(6-4-2)8(12)7(9)10;5-3(6)1-4-2-10(7,8)9;1-4(2)3/h6-8,12H,5,9-10H2,1-4H3;3-4,10,17H,1-2H3;3-4,7H,1-2,5-6H2;4H,1-2H2,(H,5,6)(H2,7,8,9);1-3H3/q;;;;+1/p-1. The lowest BCUT2D eigenvalue weighted by Gasteiger charge is -2.31. The summed E-state index contributed by atoms with van der Waals surface area (Å²) in [6.45, 7) is 12.1. The monoisotopic (exact) mass is 1120 g/mol. The smallest absolute Gasteiger partial charge is 0.355 e. The van der Waals surface area contributed by atoms with E-state index >= 15 is 0 Å². The molecule has 0 radical (unpaired) electrons. The number of carboxylic acid groups (broad SMARTS) is 1. The minimum Gasteiger partial charge on any atom is -0.778 e. The van der Waals surface area contributed by atoms with E-state index in [-0.39, 0.29) is 55.5 Å². The molecule has 1 aromatic heterocycles. The fraction of sp³-hybridized carbons (Fsp3) is 0.475. The number of hydrogen-bond donors (Lipinski definition) is 4. The number of methoxy groups -OCH3 is 1. The van der Waals surface area contributed by atoms with Gasteiger partial charge < -0.3 is 34.0 Å². The van der Waals surface area contributed by atoms with Crippen LogP contribution in [-0.2, 0) is 51.0 Å². The summed E-state index contributed by atoms with van der Waals surface area (Å²) >= 11 is 28.4. The van der Waals surface area contributed by atoms with Crippen LogP contribution in [0.2, 0.25) is 10.0 Å². The fourth-order valence-electron chi connectivity index (χ4n) is 5.16. The van der Waals surface area contributed by atoms with Crippen LogP contribution in [-0.4, -0.2) is 137 Å². The highest BCUT2D eigenvalue weighted by molar-refractivity contribution is 7.94. The first-order chi connectivity index (χ1) is 31.3. The summed E-state index contributed by atoms with van der Waals surface area (Å²) in [6.07, 6.45) is 10.9. The molecule has 1 heterocycles. The number of sulfonamides is 1. The van der Waals surface area contributed by atoms with Gasteiger partial charge in [-0.3, -0.25) is 24.4 Å². The minimum atomic E-state index is -4.35. The van der Waals surface area contributed by atoms with Gasteiger partial charge in [-0.15, -0.1) is 29.9 Å². The van der Waals surface area contributed by atoms with Crippen LogP contribution in [0.3, 0.4) is 0 Å². The first-order valence-electron chi connectivity index (χ1n) is 19.5. The van der Waals surface area contributed by atoms with Gasteiger partial charge in [0.25, 0.3) is 5.91 Å². The van der Waals surface area contributed by atoms with E-state index in [1.807, 2.05) is 31.3 Å². The fourth-order valence-corrected chi connectivity index (χ4v) is 7.10. The molecule has 3 aromatic rings. The number of alkyl halides is 5. The van der Waals surface area contributed by atoms with Crippen molar-refractivity contribution < 1.29 is 55.8 Å². The molecule has 0 fully saturated rings. The third-order valence-corrected chi connectivity index (χ3v) is 10.1. The van der Waals surface area contributed by atoms with E-state index in [2.05, 4.69) is 54.7 Å². The number of aromatic nitrogens is 3. The van der Waals surface area contributed by atoms with Gasteiger partial charge in [-0.1, -0.05) is 83.7 Å². The molecule has 0 aliphatic rings. The molecular formula is C40H59Cl5F2N7O11PS2. The van der Waals surface area contributed by atoms with Crippen molar-refractivity contribution in [2.24, 2.45) is 0 Å². The summed E-state index contributed by atoms with van der Waals surface area (Å²) in [7, 11) is -5.72. The first kappa shape index (κ1) is 66.8. The maximum Gasteiger partial charge on any atom is 0.355 e. The topological polar surface area (TPSA) is 246 Å². The average molecular weight is 1120 g/mol. The molecule has 386 valence electrons. The lowest BCUT2D eigenvalue weighted by atomic mass is 10.0. The zero-order chi connectivity index (χ0) is 53.3. The Kier molecular flexibility index (Phi) is 32.8. The van der Waals surface area contributed by atoms with Crippen LogP contribution in [0.15, 0.2) is 60.4 Å². The van der Waals surface area contributed by atoms with Crippen molar-refractivity contribution in [3.05, 3.63) is 93.1 Å². The SMILES string of the molecule is C=CCN(CC=C)C(=O)C(Cl)Cl.CCc1cccc(C)c1N(C(=O)CCl)C(C)COC.C[S+](C)C.Cc1nn(-c2cc(NS(C)(=O)=O)c(Cl)cc2Cl)c(=O)n1C(F)F.O=C(O)CNCP(=O)([O-])O. The molecule has 18 nitrogen and oxygen atoms in total. The van der Waals surface area contributed by atoms with Crippen LogP contribution < -0.4 is 25.5 Å². The predicted octanol–water partition coefficient (Wildman–Crippen LogP) is 6.23. The largest absolute Gasteiger partial charge is 0.778 e. The van der Waals surface area contributed by atoms with E-state index in [1.165, 1.54) is 17.9 Å². The maximum atomic E-state index is 12.8. The Hall–Kier alpha value is -3.25. The minimum absolute atomic E-state index is 0.0223. The molecule has 0 saturated carbocycles. The van der Waals surface area contributed by atoms with Gasteiger partial charge in [0.15, 0.2) is 4.84 Å². The van der Waals surface area contributed by atoms with Crippen LogP contribution in [0.1, 0.15) is 37.3 Å². The highest BCUT2D eigenvalue weighted by Crippen LogP contribution is 2.32. The van der Waals surface area contributed by atoms with E-state index in [1.54, 1.807) is 24.2 Å². The van der Waals surface area contributed by atoms with Crippen molar-refractivity contribution in [1.29, 1.82) is 0 Å². The zero-order valence-corrected chi connectivity index (χ0v) is 45.2. The number of aryl methyl sites for hydroxylation is 3. The Labute approximate surface area is 424 Å². The molecule has 0 saturated heterocycles. The highest BCUT2D eigenvalue weighted by atomic mass is 35.5. The molecule has 2 unspecified atom stereocenters. The number of halogens is 7. The van der Waals surface area contributed by atoms with Crippen molar-refractivity contribution in [1.82, 2.24) is 24.6 Å². The van der Waals surface area contributed by atoms with Gasteiger partial charge in [0.05, 0.1) is 77.6 Å². The number of anilines is 2. The quantitative estimate of drug-likeness (QED) is 0.0451. The van der Waals surface area contributed by atoms with E-state index in [9.17, 15) is 45.8 Å². The number of carbonyl (C=O) groups excluding carboxylic acids is 2. The molecule has 0 bridgehead atoms. The molecular weight excluding hydrogens is 1060 g/mol. The van der Waals surface area contributed by atoms with Crippen LogP contribution in [0, 0.1) is 13.8 Å². The van der Waals surface area contributed by atoms with E-state index in [4.69, 9.17) is 72.7 Å². The third kappa shape index (κ3) is 26.1. The number of ether oxygens (including phenoxy) is 1. The second kappa shape index (κ2) is 33.4. The molecule has 0 aliphatic heterocycles. The van der Waals surface area contributed by atoms with Crippen molar-refractivity contribution in [3.63, 3.8) is 0 Å². The molecule has 28 heteroatoms. The number of hydrogen-bond acceptors (Lipinski definition) is 11. The predicted molar refractivity (Wildman–Crippen MR) is 270 cm³/mol. The molecule has 2 amide bonds. The number of benzene rings is 2. The molecule has 3 rings (SSSR count). The van der Waals surface area contributed by atoms with Crippen LogP contribution in [0.25, 0.3) is 5.69 Å². The van der Waals surface area contributed by atoms with E-state index < -0.39 is 53.5 Å². The lowest BCUT2D eigenvalue weighted by molar-refractivity contribution is -0.193. The number of aliphatic carboxylic acids is 1. The maximum absolute atomic E-state index is 12.8. The number of amides is 2. The summed E-state index contributed by atoms with van der Waals surface area (Å²) in [5.74, 6) is -1.83. The Morgan fingerprint density at radius 1 is 1.09 bits per heavy atom. The van der Waals surface area contributed by atoms with Crippen LogP contribution >= 0.6 is 65.6 Å². The average Bonchev–Trinajstić information content (AvgIpc) is 3.51. The van der Waals surface area contributed by atoms with Gasteiger partial charge in [0.1, 0.15) is 19.3 Å². The normalized spacial score (nSPS) is 12.1. The first-order valence-corrected chi connectivity index (χ1v) is 27.7. The van der Waals surface area contributed by atoms with Crippen molar-refractivity contribution in [2.45, 2.75) is 51.5 Å². The van der Waals surface area contributed by atoms with Crippen molar-refractivity contribution >= 4 is 116 Å². The highest BCUT2D eigenvalue weighted by Gasteiger charge is 2.25. The number of rotatable bonds is 19. The molecule has 4 N–H and O–H groups in total. The van der Waals surface area contributed by atoms with Gasteiger partial charge in [-0.05, 0) is 61.3 Å². The Bertz CT molecular complexity index is 2310. The number of nitrogens with one attached hydrogen (secondary N) is 2. The Balaban J connectivity index is 0. The Morgan fingerprint density at radius 3 is 2.03 bits per heavy atom. The van der Waals surface area contributed by atoms with Gasteiger partial charge in [-0.2, -0.15) is 13.5 Å². The summed E-state index contributed by atoms with van der Waals surface area (Å²) in [5.41, 5.74) is 1.94. The summed E-state index contributed by atoms with van der Waals surface area (Å²) < 4.78 is 66.4. The van der Waals surface area contributed by atoms with Crippen LogP contribution in [0.5, 0.6) is 0 Å². The molecule has 68 heavy (non-hydrogen) atoms. The molecule has 2 atom stereocenters. The third-order valence-electron chi connectivity index (χ3n) is 7.70.